The number of nitriles is 1. The molecule has 1 heterocycles. The highest BCUT2D eigenvalue weighted by Gasteiger charge is 2.24. The first kappa shape index (κ1) is 18.3. The third-order valence-corrected chi connectivity index (χ3v) is 5.19. The number of carbonyl (C=O) groups excluding carboxylic acids is 1. The fraction of sp³-hybridized carbons (Fsp3) is 0.632. The highest BCUT2D eigenvalue weighted by atomic mass is 16.2. The van der Waals surface area contributed by atoms with Gasteiger partial charge in [0.15, 0.2) is 0 Å². The van der Waals surface area contributed by atoms with Crippen LogP contribution in [0.3, 0.4) is 0 Å². The van der Waals surface area contributed by atoms with E-state index in [9.17, 15) is 9.59 Å². The molecule has 1 fully saturated rings. The zero-order valence-electron chi connectivity index (χ0n) is 14.9. The normalized spacial score (nSPS) is 15.1. The van der Waals surface area contributed by atoms with Crippen LogP contribution < -0.4 is 5.56 Å². The van der Waals surface area contributed by atoms with Gasteiger partial charge in [0.25, 0.3) is 5.56 Å². The maximum atomic E-state index is 12.7. The van der Waals surface area contributed by atoms with Crippen LogP contribution in [-0.4, -0.2) is 28.4 Å². The van der Waals surface area contributed by atoms with Gasteiger partial charge in [0, 0.05) is 24.7 Å². The van der Waals surface area contributed by atoms with Gasteiger partial charge in [-0.1, -0.05) is 19.3 Å². The molecule has 1 saturated carbocycles. The number of rotatable bonds is 5. The number of H-pyrrole nitrogens is 1. The molecule has 0 radical (unpaired) electrons. The molecule has 2 rings (SSSR count). The molecule has 5 nitrogen and oxygen atoms in total. The number of aromatic amines is 1. The Balaban J connectivity index is 2.11. The fourth-order valence-electron chi connectivity index (χ4n) is 3.83. The molecular weight excluding hydrogens is 302 g/mol. The highest BCUT2D eigenvalue weighted by Crippen LogP contribution is 2.23. The van der Waals surface area contributed by atoms with E-state index in [1.807, 2.05) is 24.8 Å². The van der Waals surface area contributed by atoms with Gasteiger partial charge in [-0.3, -0.25) is 9.59 Å². The van der Waals surface area contributed by atoms with Crippen LogP contribution in [0.1, 0.15) is 67.8 Å². The topological polar surface area (TPSA) is 77.0 Å². The van der Waals surface area contributed by atoms with Crippen molar-refractivity contribution < 1.29 is 4.79 Å². The number of carbonyl (C=O) groups is 1. The van der Waals surface area contributed by atoms with Gasteiger partial charge in [0.05, 0.1) is 0 Å². The minimum absolute atomic E-state index is 0.155. The van der Waals surface area contributed by atoms with Gasteiger partial charge in [0.1, 0.15) is 11.6 Å². The average Bonchev–Trinajstić information content (AvgIpc) is 2.56. The predicted molar refractivity (Wildman–Crippen MR) is 93.8 cm³/mol. The number of nitrogens with zero attached hydrogens (tertiary/aromatic N) is 2. The summed E-state index contributed by atoms with van der Waals surface area (Å²) < 4.78 is 0. The zero-order valence-corrected chi connectivity index (χ0v) is 14.9. The lowest BCUT2D eigenvalue weighted by molar-refractivity contribution is -0.133. The lowest BCUT2D eigenvalue weighted by Gasteiger charge is -2.33. The average molecular weight is 329 g/mol. The SMILES string of the molecule is CCN(C(=O)CCc1c(C)[nH]c(=O)c(C#N)c1C)C1CCCCC1. The molecule has 1 amide bonds. The van der Waals surface area contributed by atoms with Crippen molar-refractivity contribution in [2.75, 3.05) is 6.54 Å². The van der Waals surface area contributed by atoms with Crippen LogP contribution in [-0.2, 0) is 11.2 Å². The van der Waals surface area contributed by atoms with Crippen LogP contribution in [0.4, 0.5) is 0 Å². The monoisotopic (exact) mass is 329 g/mol. The molecule has 0 spiro atoms. The van der Waals surface area contributed by atoms with Crippen molar-refractivity contribution in [2.24, 2.45) is 0 Å². The fourth-order valence-corrected chi connectivity index (χ4v) is 3.83. The van der Waals surface area contributed by atoms with E-state index < -0.39 is 0 Å². The predicted octanol–water partition coefficient (Wildman–Crippen LogP) is 2.98. The van der Waals surface area contributed by atoms with Crippen molar-refractivity contribution in [2.45, 2.75) is 71.8 Å². The summed E-state index contributed by atoms with van der Waals surface area (Å²) in [6.07, 6.45) is 6.88. The largest absolute Gasteiger partial charge is 0.340 e. The van der Waals surface area contributed by atoms with Crippen molar-refractivity contribution >= 4 is 5.91 Å². The lowest BCUT2D eigenvalue weighted by atomic mass is 9.93. The smallest absolute Gasteiger partial charge is 0.266 e. The minimum Gasteiger partial charge on any atom is -0.340 e. The standard InChI is InChI=1S/C19H27N3O2/c1-4-22(15-8-6-5-7-9-15)18(23)11-10-16-13(2)17(12-20)19(24)21-14(16)3/h15H,4-11H2,1-3H3,(H,21,24). The third kappa shape index (κ3) is 3.87. The molecule has 0 aromatic carbocycles. The van der Waals surface area contributed by atoms with Crippen LogP contribution in [0.5, 0.6) is 0 Å². The second kappa shape index (κ2) is 8.14. The Labute approximate surface area is 143 Å². The number of aryl methyl sites for hydroxylation is 1. The van der Waals surface area contributed by atoms with Gasteiger partial charge in [-0.25, -0.2) is 0 Å². The first-order valence-corrected chi connectivity index (χ1v) is 8.91. The lowest BCUT2D eigenvalue weighted by Crippen LogP contribution is -2.41. The Bertz CT molecular complexity index is 694. The van der Waals surface area contributed by atoms with Gasteiger partial charge in [0.2, 0.25) is 5.91 Å². The molecule has 0 unspecified atom stereocenters. The molecule has 1 aromatic heterocycles. The highest BCUT2D eigenvalue weighted by molar-refractivity contribution is 5.77. The first-order chi connectivity index (χ1) is 11.5. The van der Waals surface area contributed by atoms with Gasteiger partial charge in [-0.2, -0.15) is 5.26 Å². The van der Waals surface area contributed by atoms with E-state index in [1.165, 1.54) is 19.3 Å². The minimum atomic E-state index is -0.347. The summed E-state index contributed by atoms with van der Waals surface area (Å²) in [4.78, 5) is 29.2. The molecule has 1 aliphatic rings. The molecule has 130 valence electrons. The van der Waals surface area contributed by atoms with Crippen LogP contribution in [0.2, 0.25) is 0 Å². The summed E-state index contributed by atoms with van der Waals surface area (Å²) in [5.74, 6) is 0.174. The Morgan fingerprint density at radius 3 is 2.54 bits per heavy atom. The van der Waals surface area contributed by atoms with Gasteiger partial charge >= 0.3 is 0 Å². The number of pyridine rings is 1. The number of aromatic nitrogens is 1. The van der Waals surface area contributed by atoms with Crippen LogP contribution in [0, 0.1) is 25.2 Å². The maximum Gasteiger partial charge on any atom is 0.266 e. The molecule has 5 heteroatoms. The molecule has 0 atom stereocenters. The third-order valence-electron chi connectivity index (χ3n) is 5.19. The van der Waals surface area contributed by atoms with E-state index >= 15 is 0 Å². The summed E-state index contributed by atoms with van der Waals surface area (Å²) >= 11 is 0. The Hall–Kier alpha value is -2.09. The zero-order chi connectivity index (χ0) is 17.7. The Morgan fingerprint density at radius 1 is 1.29 bits per heavy atom. The molecule has 1 aromatic rings. The van der Waals surface area contributed by atoms with E-state index in [4.69, 9.17) is 5.26 Å². The molecule has 1 N–H and O–H groups in total. The van der Waals surface area contributed by atoms with Crippen LogP contribution in [0.15, 0.2) is 4.79 Å². The second-order valence-electron chi connectivity index (χ2n) is 6.64. The molecule has 0 bridgehead atoms. The van der Waals surface area contributed by atoms with Crippen molar-refractivity contribution in [3.05, 3.63) is 32.7 Å². The van der Waals surface area contributed by atoms with Crippen molar-refractivity contribution in [1.82, 2.24) is 9.88 Å². The summed E-state index contributed by atoms with van der Waals surface area (Å²) in [5.41, 5.74) is 2.18. The quantitative estimate of drug-likeness (QED) is 0.902. The van der Waals surface area contributed by atoms with Crippen LogP contribution in [0.25, 0.3) is 0 Å². The van der Waals surface area contributed by atoms with Crippen molar-refractivity contribution in [1.29, 1.82) is 5.26 Å². The summed E-state index contributed by atoms with van der Waals surface area (Å²) in [6.45, 7) is 6.40. The first-order valence-electron chi connectivity index (χ1n) is 8.91. The molecule has 0 saturated heterocycles. The molecule has 1 aliphatic carbocycles. The number of hydrogen-bond acceptors (Lipinski definition) is 3. The number of nitrogens with one attached hydrogen (secondary N) is 1. The number of amides is 1. The Kier molecular flexibility index (Phi) is 6.19. The summed E-state index contributed by atoms with van der Waals surface area (Å²) in [5, 5.41) is 9.14. The second-order valence-corrected chi connectivity index (χ2v) is 6.64. The number of hydrogen-bond donors (Lipinski definition) is 1. The van der Waals surface area contributed by atoms with E-state index in [-0.39, 0.29) is 17.0 Å². The Morgan fingerprint density at radius 2 is 1.96 bits per heavy atom. The van der Waals surface area contributed by atoms with Crippen LogP contribution >= 0.6 is 0 Å². The van der Waals surface area contributed by atoms with E-state index in [0.717, 1.165) is 30.6 Å². The van der Waals surface area contributed by atoms with Crippen molar-refractivity contribution in [3.63, 3.8) is 0 Å². The van der Waals surface area contributed by atoms with Gasteiger partial charge < -0.3 is 9.88 Å². The summed E-state index contributed by atoms with van der Waals surface area (Å²) in [7, 11) is 0. The van der Waals surface area contributed by atoms with Gasteiger partial charge in [-0.15, -0.1) is 0 Å². The summed E-state index contributed by atoms with van der Waals surface area (Å²) in [6, 6.07) is 2.34. The maximum absolute atomic E-state index is 12.7. The molecule has 24 heavy (non-hydrogen) atoms. The van der Waals surface area contributed by atoms with E-state index in [1.54, 1.807) is 6.92 Å². The van der Waals surface area contributed by atoms with E-state index in [0.29, 0.717) is 24.4 Å². The van der Waals surface area contributed by atoms with E-state index in [2.05, 4.69) is 4.98 Å². The van der Waals surface area contributed by atoms with Crippen molar-refractivity contribution in [3.8, 4) is 6.07 Å². The molecule has 0 aliphatic heterocycles. The van der Waals surface area contributed by atoms with Gasteiger partial charge in [-0.05, 0) is 51.2 Å². The molecular formula is C19H27N3O2.